The van der Waals surface area contributed by atoms with Crippen molar-refractivity contribution in [1.29, 1.82) is 0 Å². The molecule has 0 bridgehead atoms. The highest BCUT2D eigenvalue weighted by Gasteiger charge is 2.16. The largest absolute Gasteiger partial charge is 0.454 e. The van der Waals surface area contributed by atoms with E-state index in [9.17, 15) is 9.00 Å². The van der Waals surface area contributed by atoms with Crippen molar-refractivity contribution in [3.05, 3.63) is 23.8 Å². The number of unbranched alkanes of at least 4 members (excludes halogenated alkanes) is 5. The van der Waals surface area contributed by atoms with Gasteiger partial charge in [-0.2, -0.15) is 0 Å². The molecule has 1 aromatic rings. The van der Waals surface area contributed by atoms with Crippen molar-refractivity contribution in [2.24, 2.45) is 5.73 Å². The van der Waals surface area contributed by atoms with Crippen molar-refractivity contribution in [3.8, 4) is 11.5 Å². The van der Waals surface area contributed by atoms with E-state index in [1.54, 1.807) is 0 Å². The molecule has 0 saturated heterocycles. The van der Waals surface area contributed by atoms with Crippen LogP contribution in [-0.2, 0) is 22.0 Å². The van der Waals surface area contributed by atoms with Crippen LogP contribution in [0.1, 0.15) is 64.9 Å². The normalized spacial score (nSPS) is 14.3. The van der Waals surface area contributed by atoms with Gasteiger partial charge < -0.3 is 15.2 Å². The average Bonchev–Trinajstić information content (AvgIpc) is 3.05. The number of hydrogen-bond acceptors (Lipinski definition) is 4. The van der Waals surface area contributed by atoms with E-state index in [1.165, 1.54) is 44.6 Å². The molecule has 1 aliphatic heterocycles. The summed E-state index contributed by atoms with van der Waals surface area (Å²) in [6.07, 6.45) is 8.32. The van der Waals surface area contributed by atoms with Gasteiger partial charge >= 0.3 is 0 Å². The summed E-state index contributed by atoms with van der Waals surface area (Å²) in [4.78, 5) is 9.22. The van der Waals surface area contributed by atoms with E-state index in [0.717, 1.165) is 30.1 Å². The molecule has 0 radical (unpaired) electrons. The molecule has 2 unspecified atom stereocenters. The highest BCUT2D eigenvalue weighted by atomic mass is 32.2. The number of fused-ring (bicyclic) bond motifs is 1. The monoisotopic (exact) mass is 383 g/mol. The molecule has 1 aliphatic rings. The van der Waals surface area contributed by atoms with E-state index >= 15 is 0 Å². The van der Waals surface area contributed by atoms with Crippen molar-refractivity contribution in [1.82, 2.24) is 0 Å². The highest BCUT2D eigenvalue weighted by Crippen LogP contribution is 2.33. The highest BCUT2D eigenvalue weighted by molar-refractivity contribution is 7.85. The summed E-state index contributed by atoms with van der Waals surface area (Å²) in [7, 11) is -0.743. The third-order valence-electron chi connectivity index (χ3n) is 4.11. The number of carbonyl (C=O) groups excluding carboxylic acids is 1. The zero-order chi connectivity index (χ0) is 19.4. The number of amides is 1. The van der Waals surface area contributed by atoms with Gasteiger partial charge in [-0.1, -0.05) is 52.0 Å². The number of benzene rings is 1. The minimum atomic E-state index is -0.743. The molecule has 0 aromatic heterocycles. The maximum atomic E-state index is 12.3. The van der Waals surface area contributed by atoms with Crippen LogP contribution in [0, 0.1) is 0 Å². The smallest absolute Gasteiger partial charge is 0.231 e. The van der Waals surface area contributed by atoms with Crippen LogP contribution in [0.5, 0.6) is 11.5 Å². The van der Waals surface area contributed by atoms with Gasteiger partial charge in [0.1, 0.15) is 0 Å². The minimum Gasteiger partial charge on any atom is -0.454 e. The second-order valence-electron chi connectivity index (χ2n) is 6.67. The quantitative estimate of drug-likeness (QED) is 0.621. The Morgan fingerprint density at radius 1 is 1.15 bits per heavy atom. The van der Waals surface area contributed by atoms with Crippen molar-refractivity contribution >= 4 is 16.7 Å². The van der Waals surface area contributed by atoms with Gasteiger partial charge in [0.15, 0.2) is 11.5 Å². The fourth-order valence-electron chi connectivity index (χ4n) is 2.72. The minimum absolute atomic E-state index is 0.191. The van der Waals surface area contributed by atoms with Crippen molar-refractivity contribution in [2.45, 2.75) is 71.0 Å². The van der Waals surface area contributed by atoms with E-state index in [-0.39, 0.29) is 11.2 Å². The molecule has 1 aromatic carbocycles. The van der Waals surface area contributed by atoms with Crippen LogP contribution in [0.4, 0.5) is 0 Å². The van der Waals surface area contributed by atoms with Crippen molar-refractivity contribution < 1.29 is 18.5 Å². The third-order valence-corrected chi connectivity index (χ3v) is 5.86. The van der Waals surface area contributed by atoms with Crippen LogP contribution in [0.15, 0.2) is 18.2 Å². The van der Waals surface area contributed by atoms with Gasteiger partial charge in [0.05, 0.1) is 0 Å². The Labute approximate surface area is 160 Å². The summed E-state index contributed by atoms with van der Waals surface area (Å²) in [5.74, 6) is 2.12. The molecular formula is C20H33NO4S. The fraction of sp³-hybridized carbons (Fsp3) is 0.650. The molecule has 1 amide bonds. The molecule has 0 fully saturated rings. The lowest BCUT2D eigenvalue weighted by atomic mass is 10.1. The molecule has 2 atom stereocenters. The van der Waals surface area contributed by atoms with Crippen LogP contribution in [-0.4, -0.2) is 27.9 Å². The number of ether oxygens (including phenoxy) is 2. The molecule has 2 rings (SSSR count). The predicted molar refractivity (Wildman–Crippen MR) is 107 cm³/mol. The summed E-state index contributed by atoms with van der Waals surface area (Å²) in [6.45, 7) is 5.92. The molecular weight excluding hydrogens is 350 g/mol. The average molecular weight is 384 g/mol. The molecule has 0 saturated carbocycles. The lowest BCUT2D eigenvalue weighted by Gasteiger charge is -2.12. The number of hydrogen-bond donors (Lipinski definition) is 1. The van der Waals surface area contributed by atoms with Gasteiger partial charge in [0.2, 0.25) is 12.7 Å². The Kier molecular flexibility index (Phi) is 11.0. The van der Waals surface area contributed by atoms with E-state index in [1.807, 2.05) is 18.2 Å². The number of primary amides is 1. The van der Waals surface area contributed by atoms with Gasteiger partial charge in [-0.25, -0.2) is 0 Å². The Morgan fingerprint density at radius 3 is 2.46 bits per heavy atom. The van der Waals surface area contributed by atoms with Gasteiger partial charge in [-0.15, -0.1) is 0 Å². The molecule has 2 N–H and O–H groups in total. The Hall–Kier alpha value is -1.56. The lowest BCUT2D eigenvalue weighted by Crippen LogP contribution is -2.16. The Balaban J connectivity index is 0.000000765. The van der Waals surface area contributed by atoms with E-state index < -0.39 is 10.8 Å². The van der Waals surface area contributed by atoms with E-state index in [4.69, 9.17) is 9.47 Å². The molecule has 26 heavy (non-hydrogen) atoms. The second-order valence-corrected chi connectivity index (χ2v) is 8.64. The van der Waals surface area contributed by atoms with Gasteiger partial charge in [0.25, 0.3) is 0 Å². The SMILES string of the molecule is CC(N)=O.CCCCCCCCS(=O)C(C)Cc1ccc2c(c1)OCO2. The van der Waals surface area contributed by atoms with Crippen LogP contribution >= 0.6 is 0 Å². The lowest BCUT2D eigenvalue weighted by molar-refractivity contribution is -0.115. The number of carbonyl (C=O) groups is 1. The Bertz CT molecular complexity index is 573. The first-order valence-electron chi connectivity index (χ1n) is 9.45. The first kappa shape index (κ1) is 22.5. The zero-order valence-corrected chi connectivity index (χ0v) is 17.1. The van der Waals surface area contributed by atoms with Crippen molar-refractivity contribution in [3.63, 3.8) is 0 Å². The first-order chi connectivity index (χ1) is 12.4. The van der Waals surface area contributed by atoms with E-state index in [0.29, 0.717) is 6.79 Å². The molecule has 6 heteroatoms. The summed E-state index contributed by atoms with van der Waals surface area (Å²) in [5.41, 5.74) is 5.65. The summed E-state index contributed by atoms with van der Waals surface area (Å²) in [6, 6.07) is 6.01. The van der Waals surface area contributed by atoms with E-state index in [2.05, 4.69) is 19.6 Å². The van der Waals surface area contributed by atoms with Crippen LogP contribution in [0.2, 0.25) is 0 Å². The number of rotatable bonds is 10. The molecule has 5 nitrogen and oxygen atoms in total. The van der Waals surface area contributed by atoms with Gasteiger partial charge in [-0.05, 0) is 30.5 Å². The number of nitrogens with two attached hydrogens (primary N) is 1. The predicted octanol–water partition coefficient (Wildman–Crippen LogP) is 3.95. The molecule has 0 aliphatic carbocycles. The molecule has 1 heterocycles. The maximum absolute atomic E-state index is 12.3. The van der Waals surface area contributed by atoms with Crippen LogP contribution in [0.25, 0.3) is 0 Å². The van der Waals surface area contributed by atoms with Crippen LogP contribution in [0.3, 0.4) is 0 Å². The third kappa shape index (κ3) is 9.22. The molecule has 0 spiro atoms. The maximum Gasteiger partial charge on any atom is 0.231 e. The Morgan fingerprint density at radius 2 is 1.77 bits per heavy atom. The van der Waals surface area contributed by atoms with Crippen molar-refractivity contribution in [2.75, 3.05) is 12.5 Å². The van der Waals surface area contributed by atoms with Gasteiger partial charge in [-0.3, -0.25) is 9.00 Å². The topological polar surface area (TPSA) is 78.6 Å². The zero-order valence-electron chi connectivity index (χ0n) is 16.3. The standard InChI is InChI=1S/C18H28O3S.C2H5NO/c1-3-4-5-6-7-8-11-22(19)15(2)12-16-9-10-17-18(13-16)21-14-20-17;1-2(3)4/h9-10,13,15H,3-8,11-12,14H2,1-2H3;1H3,(H2,3,4). The summed E-state index contributed by atoms with van der Waals surface area (Å²) >= 11 is 0. The summed E-state index contributed by atoms with van der Waals surface area (Å²) in [5, 5.41) is 0.191. The van der Waals surface area contributed by atoms with Crippen LogP contribution < -0.4 is 15.2 Å². The summed E-state index contributed by atoms with van der Waals surface area (Å²) < 4.78 is 23.0. The first-order valence-corrected chi connectivity index (χ1v) is 10.8. The molecule has 148 valence electrons. The second kappa shape index (κ2) is 12.7. The fourth-order valence-corrected chi connectivity index (χ4v) is 3.99. The van der Waals surface area contributed by atoms with Gasteiger partial charge in [0, 0.05) is 28.7 Å².